The van der Waals surface area contributed by atoms with Crippen molar-refractivity contribution < 1.29 is 49.4 Å². The number of aliphatic hydroxyl groups is 3. The molecule has 0 unspecified atom stereocenters. The Morgan fingerprint density at radius 3 is 2.07 bits per heavy atom. The number of aliphatic carboxylic acids is 2. The van der Waals surface area contributed by atoms with Gasteiger partial charge in [-0.05, 0) is 24.3 Å². The third-order valence-corrected chi connectivity index (χ3v) is 4.63. The Hall–Kier alpha value is -2.73. The molecule has 1 saturated heterocycles. The Morgan fingerprint density at radius 1 is 1.00 bits per heavy atom. The maximum absolute atomic E-state index is 11.7. The number of rotatable bonds is 8. The summed E-state index contributed by atoms with van der Waals surface area (Å²) in [5, 5.41) is 50.9. The monoisotopic (exact) mass is 427 g/mol. The van der Waals surface area contributed by atoms with Crippen LogP contribution in [0.1, 0.15) is 20.3 Å². The molecular weight excluding hydrogens is 402 g/mol. The van der Waals surface area contributed by atoms with Gasteiger partial charge in [0, 0.05) is 18.0 Å². The number of aliphatic hydroxyl groups excluding tert-OH is 3. The number of benzene rings is 1. The molecule has 1 aromatic rings. The van der Waals surface area contributed by atoms with Gasteiger partial charge in [-0.15, -0.1) is 0 Å². The number of carboxylic acids is 2. The van der Waals surface area contributed by atoms with Crippen molar-refractivity contribution in [3.63, 3.8) is 0 Å². The fourth-order valence-corrected chi connectivity index (χ4v) is 2.79. The standard InChI is InChI=1S/C19H25NO10/c1-8(2)16(24)20-9-3-5-10(6-4-9)29-19-15(23)14(22)13(21)12(30-19)7-11(17(25)26)18(27)28/h3-6,8,11-15,19,21-23H,7H2,1-2H3,(H,20,24)(H,25,26)(H,27,28)/t12-,13-,14+,15+,19+/m1/s1. The lowest BCUT2D eigenvalue weighted by Gasteiger charge is -2.40. The Morgan fingerprint density at radius 2 is 1.57 bits per heavy atom. The van der Waals surface area contributed by atoms with Crippen molar-refractivity contribution in [1.29, 1.82) is 0 Å². The Kier molecular flexibility index (Phi) is 7.73. The second-order valence-electron chi connectivity index (χ2n) is 7.27. The van der Waals surface area contributed by atoms with E-state index in [0.717, 1.165) is 0 Å². The Balaban J connectivity index is 2.09. The first-order chi connectivity index (χ1) is 14.0. The van der Waals surface area contributed by atoms with Crippen molar-refractivity contribution in [1.82, 2.24) is 0 Å². The van der Waals surface area contributed by atoms with Gasteiger partial charge >= 0.3 is 11.9 Å². The number of ether oxygens (including phenoxy) is 2. The number of nitrogens with one attached hydrogen (secondary N) is 1. The van der Waals surface area contributed by atoms with Crippen molar-refractivity contribution in [3.05, 3.63) is 24.3 Å². The van der Waals surface area contributed by atoms with Crippen molar-refractivity contribution in [2.45, 2.75) is 51.0 Å². The van der Waals surface area contributed by atoms with Crippen LogP contribution >= 0.6 is 0 Å². The SMILES string of the molecule is CC(C)C(=O)Nc1ccc(O[C@H]2O[C@H](CC(C(=O)O)C(=O)O)[C@@H](O)[C@H](O)[C@@H]2O)cc1. The van der Waals surface area contributed by atoms with Gasteiger partial charge in [0.25, 0.3) is 0 Å². The molecule has 0 saturated carbocycles. The minimum absolute atomic E-state index is 0.180. The molecule has 0 spiro atoms. The summed E-state index contributed by atoms with van der Waals surface area (Å²) in [6.07, 6.45) is -8.68. The molecule has 11 heteroatoms. The molecule has 2 rings (SSSR count). The van der Waals surface area contributed by atoms with E-state index < -0.39 is 55.0 Å². The maximum atomic E-state index is 11.7. The number of amides is 1. The van der Waals surface area contributed by atoms with Crippen LogP contribution in [0, 0.1) is 11.8 Å². The summed E-state index contributed by atoms with van der Waals surface area (Å²) in [7, 11) is 0. The molecule has 11 nitrogen and oxygen atoms in total. The largest absolute Gasteiger partial charge is 0.481 e. The van der Waals surface area contributed by atoms with E-state index in [0.29, 0.717) is 5.69 Å². The van der Waals surface area contributed by atoms with Crippen LogP contribution in [-0.4, -0.2) is 74.1 Å². The van der Waals surface area contributed by atoms with Crippen LogP contribution in [0.4, 0.5) is 5.69 Å². The fourth-order valence-electron chi connectivity index (χ4n) is 2.79. The van der Waals surface area contributed by atoms with Gasteiger partial charge in [-0.1, -0.05) is 13.8 Å². The van der Waals surface area contributed by atoms with E-state index in [9.17, 15) is 29.7 Å². The highest BCUT2D eigenvalue weighted by Crippen LogP contribution is 2.28. The number of hydrogen-bond donors (Lipinski definition) is 6. The van der Waals surface area contributed by atoms with Crippen LogP contribution in [0.5, 0.6) is 5.75 Å². The number of carbonyl (C=O) groups is 3. The van der Waals surface area contributed by atoms with Gasteiger partial charge in [0.2, 0.25) is 12.2 Å². The van der Waals surface area contributed by atoms with Crippen molar-refractivity contribution in [2.75, 3.05) is 5.32 Å². The molecule has 1 aliphatic rings. The zero-order valence-corrected chi connectivity index (χ0v) is 16.3. The summed E-state index contributed by atoms with van der Waals surface area (Å²) in [5.74, 6) is -5.34. The van der Waals surface area contributed by atoms with E-state index in [2.05, 4.69) is 5.32 Å². The highest BCUT2D eigenvalue weighted by molar-refractivity contribution is 5.93. The third kappa shape index (κ3) is 5.66. The molecule has 1 aromatic carbocycles. The lowest BCUT2D eigenvalue weighted by molar-refractivity contribution is -0.275. The van der Waals surface area contributed by atoms with Gasteiger partial charge in [0.15, 0.2) is 5.92 Å². The lowest BCUT2D eigenvalue weighted by atomic mass is 9.91. The zero-order valence-electron chi connectivity index (χ0n) is 16.3. The Bertz CT molecular complexity index is 751. The molecule has 6 N–H and O–H groups in total. The molecule has 166 valence electrons. The summed E-state index contributed by atoms with van der Waals surface area (Å²) < 4.78 is 10.8. The molecule has 0 bridgehead atoms. The van der Waals surface area contributed by atoms with Gasteiger partial charge in [0.05, 0.1) is 6.10 Å². The average molecular weight is 427 g/mol. The normalized spacial score (nSPS) is 26.4. The van der Waals surface area contributed by atoms with Gasteiger partial charge < -0.3 is 40.3 Å². The minimum atomic E-state index is -1.88. The van der Waals surface area contributed by atoms with E-state index >= 15 is 0 Å². The van der Waals surface area contributed by atoms with Crippen molar-refractivity contribution in [2.24, 2.45) is 11.8 Å². The number of carboxylic acid groups (broad SMARTS) is 2. The lowest BCUT2D eigenvalue weighted by Crippen LogP contribution is -2.59. The molecule has 0 radical (unpaired) electrons. The minimum Gasteiger partial charge on any atom is -0.481 e. The summed E-state index contributed by atoms with van der Waals surface area (Å²) in [6.45, 7) is 3.48. The van der Waals surface area contributed by atoms with Crippen LogP contribution in [0.25, 0.3) is 0 Å². The third-order valence-electron chi connectivity index (χ3n) is 4.63. The summed E-state index contributed by atoms with van der Waals surface area (Å²) >= 11 is 0. The molecule has 5 atom stereocenters. The predicted molar refractivity (Wildman–Crippen MR) is 101 cm³/mol. The summed E-state index contributed by atoms with van der Waals surface area (Å²) in [5.41, 5.74) is 0.505. The number of hydrogen-bond acceptors (Lipinski definition) is 8. The van der Waals surface area contributed by atoms with E-state index in [1.54, 1.807) is 26.0 Å². The first-order valence-corrected chi connectivity index (χ1v) is 9.24. The molecule has 0 aromatic heterocycles. The van der Waals surface area contributed by atoms with Gasteiger partial charge in [-0.2, -0.15) is 0 Å². The van der Waals surface area contributed by atoms with Gasteiger partial charge in [0.1, 0.15) is 24.1 Å². The second kappa shape index (κ2) is 9.85. The van der Waals surface area contributed by atoms with E-state index in [1.807, 2.05) is 0 Å². The average Bonchev–Trinajstić information content (AvgIpc) is 2.68. The molecule has 1 heterocycles. The number of carbonyl (C=O) groups excluding carboxylic acids is 1. The second-order valence-corrected chi connectivity index (χ2v) is 7.27. The number of anilines is 1. The molecule has 1 fully saturated rings. The molecule has 1 amide bonds. The van der Waals surface area contributed by atoms with Crippen LogP contribution in [0.2, 0.25) is 0 Å². The molecular formula is C19H25NO10. The maximum Gasteiger partial charge on any atom is 0.317 e. The molecule has 0 aliphatic carbocycles. The highest BCUT2D eigenvalue weighted by atomic mass is 16.7. The smallest absolute Gasteiger partial charge is 0.317 e. The van der Waals surface area contributed by atoms with Crippen LogP contribution in [0.3, 0.4) is 0 Å². The van der Waals surface area contributed by atoms with Crippen molar-refractivity contribution >= 4 is 23.5 Å². The van der Waals surface area contributed by atoms with E-state index in [-0.39, 0.29) is 17.6 Å². The van der Waals surface area contributed by atoms with Crippen molar-refractivity contribution in [3.8, 4) is 5.75 Å². The predicted octanol–water partition coefficient (Wildman–Crippen LogP) is -0.357. The summed E-state index contributed by atoms with van der Waals surface area (Å²) in [4.78, 5) is 33.9. The van der Waals surface area contributed by atoms with Crippen LogP contribution < -0.4 is 10.1 Å². The molecule has 30 heavy (non-hydrogen) atoms. The molecule has 1 aliphatic heterocycles. The topological polar surface area (TPSA) is 183 Å². The first kappa shape index (κ1) is 23.5. The van der Waals surface area contributed by atoms with E-state index in [1.165, 1.54) is 12.1 Å². The quantitative estimate of drug-likeness (QED) is 0.300. The van der Waals surface area contributed by atoms with Crippen LogP contribution in [-0.2, 0) is 19.1 Å². The van der Waals surface area contributed by atoms with Gasteiger partial charge in [-0.25, -0.2) is 0 Å². The van der Waals surface area contributed by atoms with Gasteiger partial charge in [-0.3, -0.25) is 14.4 Å². The van der Waals surface area contributed by atoms with E-state index in [4.69, 9.17) is 19.7 Å². The fraction of sp³-hybridized carbons (Fsp3) is 0.526. The zero-order chi connectivity index (χ0) is 22.6. The highest BCUT2D eigenvalue weighted by Gasteiger charge is 2.47. The Labute approximate surface area is 171 Å². The first-order valence-electron chi connectivity index (χ1n) is 9.24. The van der Waals surface area contributed by atoms with Crippen LogP contribution in [0.15, 0.2) is 24.3 Å². The summed E-state index contributed by atoms with van der Waals surface area (Å²) in [6, 6.07) is 6.02.